The maximum Gasteiger partial charge on any atom is 0.296 e. The minimum absolute atomic E-state index is 0.456. The highest BCUT2D eigenvalue weighted by Gasteiger charge is 2.30. The maximum atomic E-state index is 12.4. The molecule has 1 aliphatic heterocycles. The van der Waals surface area contributed by atoms with Crippen molar-refractivity contribution in [2.45, 2.75) is 25.8 Å². The van der Waals surface area contributed by atoms with Gasteiger partial charge in [-0.2, -0.15) is 0 Å². The first-order chi connectivity index (χ1) is 8.66. The molecule has 1 aromatic carbocycles. The van der Waals surface area contributed by atoms with Crippen LogP contribution < -0.4 is 0 Å². The predicted octanol–water partition coefficient (Wildman–Crippen LogP) is 2.73. The van der Waals surface area contributed by atoms with Gasteiger partial charge in [0.2, 0.25) is 5.78 Å². The van der Waals surface area contributed by atoms with Crippen molar-refractivity contribution in [2.75, 3.05) is 13.1 Å². The van der Waals surface area contributed by atoms with Crippen molar-refractivity contribution in [1.82, 2.24) is 4.90 Å². The number of alkyl halides is 2. The molecule has 0 spiro atoms. The Bertz CT molecular complexity index is 394. The molecule has 1 aliphatic rings. The quantitative estimate of drug-likeness (QED) is 0.822. The molecule has 18 heavy (non-hydrogen) atoms. The van der Waals surface area contributed by atoms with Gasteiger partial charge in [-0.3, -0.25) is 9.69 Å². The van der Waals surface area contributed by atoms with Gasteiger partial charge in [0, 0.05) is 19.0 Å². The lowest BCUT2D eigenvalue weighted by Crippen LogP contribution is -2.40. The van der Waals surface area contributed by atoms with E-state index in [0.717, 1.165) is 25.1 Å². The standard InChI is InChI=1S/C14H17F2NO/c15-14(16)13(18)12-7-4-8-17(10-12)9-11-5-2-1-3-6-11/h1-3,5-6,12,14H,4,7-10H2. The number of ketones is 1. The summed E-state index contributed by atoms with van der Waals surface area (Å²) < 4.78 is 24.8. The van der Waals surface area contributed by atoms with Crippen molar-refractivity contribution >= 4 is 5.78 Å². The van der Waals surface area contributed by atoms with E-state index in [-0.39, 0.29) is 0 Å². The number of benzene rings is 1. The van der Waals surface area contributed by atoms with Gasteiger partial charge in [0.1, 0.15) is 0 Å². The van der Waals surface area contributed by atoms with E-state index >= 15 is 0 Å². The second-order valence-corrected chi connectivity index (χ2v) is 4.76. The summed E-state index contributed by atoms with van der Waals surface area (Å²) in [5.41, 5.74) is 1.16. The molecular weight excluding hydrogens is 236 g/mol. The summed E-state index contributed by atoms with van der Waals surface area (Å²) in [6, 6.07) is 9.89. The van der Waals surface area contributed by atoms with Crippen LogP contribution >= 0.6 is 0 Å². The van der Waals surface area contributed by atoms with E-state index in [1.54, 1.807) is 0 Å². The third kappa shape index (κ3) is 3.35. The Balaban J connectivity index is 1.93. The molecule has 0 amide bonds. The number of rotatable bonds is 4. The fraction of sp³-hybridized carbons (Fsp3) is 0.500. The summed E-state index contributed by atoms with van der Waals surface area (Å²) in [5, 5.41) is 0. The minimum Gasteiger partial charge on any atom is -0.298 e. The zero-order chi connectivity index (χ0) is 13.0. The van der Waals surface area contributed by atoms with Crippen LogP contribution in [0.15, 0.2) is 30.3 Å². The molecule has 0 bridgehead atoms. The van der Waals surface area contributed by atoms with Crippen LogP contribution in [0.3, 0.4) is 0 Å². The SMILES string of the molecule is O=C(C(F)F)C1CCCN(Cc2ccccc2)C1. The largest absolute Gasteiger partial charge is 0.298 e. The molecule has 0 saturated carbocycles. The van der Waals surface area contributed by atoms with Crippen LogP contribution in [0.5, 0.6) is 0 Å². The number of piperidine rings is 1. The topological polar surface area (TPSA) is 20.3 Å². The minimum atomic E-state index is -2.83. The number of hydrogen-bond donors (Lipinski definition) is 0. The number of carbonyl (C=O) groups excluding carboxylic acids is 1. The van der Waals surface area contributed by atoms with Crippen LogP contribution in [0.25, 0.3) is 0 Å². The first-order valence-electron chi connectivity index (χ1n) is 6.25. The van der Waals surface area contributed by atoms with Crippen LogP contribution in [0.2, 0.25) is 0 Å². The first kappa shape index (κ1) is 13.1. The van der Waals surface area contributed by atoms with E-state index < -0.39 is 18.1 Å². The molecule has 0 radical (unpaired) electrons. The second kappa shape index (κ2) is 6.05. The average molecular weight is 253 g/mol. The van der Waals surface area contributed by atoms with Crippen molar-refractivity contribution in [1.29, 1.82) is 0 Å². The highest BCUT2D eigenvalue weighted by Crippen LogP contribution is 2.21. The predicted molar refractivity (Wildman–Crippen MR) is 65.5 cm³/mol. The Morgan fingerprint density at radius 3 is 2.72 bits per heavy atom. The molecule has 1 heterocycles. The molecular formula is C14H17F2NO. The van der Waals surface area contributed by atoms with Gasteiger partial charge < -0.3 is 0 Å². The summed E-state index contributed by atoms with van der Waals surface area (Å²) >= 11 is 0. The number of likely N-dealkylation sites (tertiary alicyclic amines) is 1. The molecule has 1 aromatic rings. The fourth-order valence-corrected chi connectivity index (χ4v) is 2.45. The van der Waals surface area contributed by atoms with E-state index in [2.05, 4.69) is 4.90 Å². The highest BCUT2D eigenvalue weighted by molar-refractivity contribution is 5.84. The van der Waals surface area contributed by atoms with Crippen molar-refractivity contribution in [3.05, 3.63) is 35.9 Å². The summed E-state index contributed by atoms with van der Waals surface area (Å²) in [7, 11) is 0. The smallest absolute Gasteiger partial charge is 0.296 e. The molecule has 1 saturated heterocycles. The van der Waals surface area contributed by atoms with E-state index in [1.807, 2.05) is 30.3 Å². The molecule has 2 nitrogen and oxygen atoms in total. The van der Waals surface area contributed by atoms with E-state index in [1.165, 1.54) is 0 Å². The van der Waals surface area contributed by atoms with E-state index in [9.17, 15) is 13.6 Å². The van der Waals surface area contributed by atoms with Gasteiger partial charge in [-0.05, 0) is 24.9 Å². The summed E-state index contributed by atoms with van der Waals surface area (Å²) in [6.45, 7) is 2.06. The molecule has 0 aromatic heterocycles. The van der Waals surface area contributed by atoms with Crippen LogP contribution in [-0.2, 0) is 11.3 Å². The molecule has 1 atom stereocenters. The molecule has 98 valence electrons. The molecule has 4 heteroatoms. The Kier molecular flexibility index (Phi) is 4.42. The van der Waals surface area contributed by atoms with Gasteiger partial charge in [0.25, 0.3) is 6.43 Å². The summed E-state index contributed by atoms with van der Waals surface area (Å²) in [4.78, 5) is 13.4. The molecule has 0 aliphatic carbocycles. The van der Waals surface area contributed by atoms with Crippen LogP contribution in [-0.4, -0.2) is 30.2 Å². The Morgan fingerprint density at radius 1 is 1.33 bits per heavy atom. The van der Waals surface area contributed by atoms with Gasteiger partial charge in [0.05, 0.1) is 0 Å². The number of nitrogens with zero attached hydrogens (tertiary/aromatic N) is 1. The third-order valence-corrected chi connectivity index (χ3v) is 3.37. The number of halogens is 2. The summed E-state index contributed by atoms with van der Waals surface area (Å²) in [6.07, 6.45) is -1.42. The Hall–Kier alpha value is -1.29. The molecule has 1 unspecified atom stereocenters. The third-order valence-electron chi connectivity index (χ3n) is 3.37. The zero-order valence-corrected chi connectivity index (χ0v) is 10.2. The Morgan fingerprint density at radius 2 is 2.06 bits per heavy atom. The average Bonchev–Trinajstić information content (AvgIpc) is 2.39. The molecule has 1 fully saturated rings. The molecule has 2 rings (SSSR count). The zero-order valence-electron chi connectivity index (χ0n) is 10.2. The number of hydrogen-bond acceptors (Lipinski definition) is 2. The van der Waals surface area contributed by atoms with Gasteiger partial charge >= 0.3 is 0 Å². The van der Waals surface area contributed by atoms with Crippen molar-refractivity contribution in [2.24, 2.45) is 5.92 Å². The van der Waals surface area contributed by atoms with E-state index in [4.69, 9.17) is 0 Å². The number of carbonyl (C=O) groups is 1. The van der Waals surface area contributed by atoms with Gasteiger partial charge in [-0.25, -0.2) is 8.78 Å². The van der Waals surface area contributed by atoms with Crippen molar-refractivity contribution < 1.29 is 13.6 Å². The summed E-state index contributed by atoms with van der Waals surface area (Å²) in [5.74, 6) is -1.39. The normalized spacial score (nSPS) is 21.2. The second-order valence-electron chi connectivity index (χ2n) is 4.76. The van der Waals surface area contributed by atoms with Crippen molar-refractivity contribution in [3.8, 4) is 0 Å². The Labute approximate surface area is 106 Å². The number of Topliss-reactive ketones (excluding diaryl/α,β-unsaturated/α-hetero) is 1. The highest BCUT2D eigenvalue weighted by atomic mass is 19.3. The van der Waals surface area contributed by atoms with E-state index in [0.29, 0.717) is 13.0 Å². The fourth-order valence-electron chi connectivity index (χ4n) is 2.45. The van der Waals surface area contributed by atoms with Gasteiger partial charge in [-0.1, -0.05) is 30.3 Å². The van der Waals surface area contributed by atoms with Crippen LogP contribution in [0.1, 0.15) is 18.4 Å². The lowest BCUT2D eigenvalue weighted by molar-refractivity contribution is -0.135. The van der Waals surface area contributed by atoms with Gasteiger partial charge in [0.15, 0.2) is 0 Å². The molecule has 0 N–H and O–H groups in total. The monoisotopic (exact) mass is 253 g/mol. The maximum absolute atomic E-state index is 12.4. The van der Waals surface area contributed by atoms with Gasteiger partial charge in [-0.15, -0.1) is 0 Å². The lowest BCUT2D eigenvalue weighted by atomic mass is 9.93. The van der Waals surface area contributed by atoms with Crippen molar-refractivity contribution in [3.63, 3.8) is 0 Å². The van der Waals surface area contributed by atoms with Crippen LogP contribution in [0.4, 0.5) is 8.78 Å². The lowest BCUT2D eigenvalue weighted by Gasteiger charge is -2.31. The van der Waals surface area contributed by atoms with Crippen LogP contribution in [0, 0.1) is 5.92 Å². The first-order valence-corrected chi connectivity index (χ1v) is 6.25.